The van der Waals surface area contributed by atoms with Crippen LogP contribution in [0.15, 0.2) is 24.3 Å². The molecule has 1 amide bonds. The predicted molar refractivity (Wildman–Crippen MR) is 94.2 cm³/mol. The first-order valence-electron chi connectivity index (χ1n) is 8.40. The number of nitrogens with zero attached hydrogens (tertiary/aromatic N) is 2. The van der Waals surface area contributed by atoms with E-state index in [9.17, 15) is 4.79 Å². The standard InChI is InChI=1S/C18H29N3O3/c1-18(2,3)24-17(22)21-11-9-20(10-12-21)16(13-19)14-5-7-15(23-4)8-6-14/h5-8,16H,9-13,19H2,1-4H3/t16-/m1/s1. The summed E-state index contributed by atoms with van der Waals surface area (Å²) in [6, 6.07) is 8.16. The highest BCUT2D eigenvalue weighted by atomic mass is 16.6. The fourth-order valence-corrected chi connectivity index (χ4v) is 2.86. The van der Waals surface area contributed by atoms with Crippen molar-refractivity contribution in [3.05, 3.63) is 29.8 Å². The molecule has 6 heteroatoms. The van der Waals surface area contributed by atoms with Crippen LogP contribution in [0, 0.1) is 0 Å². The van der Waals surface area contributed by atoms with Crippen LogP contribution >= 0.6 is 0 Å². The van der Waals surface area contributed by atoms with Crippen molar-refractivity contribution in [1.82, 2.24) is 9.80 Å². The summed E-state index contributed by atoms with van der Waals surface area (Å²) in [4.78, 5) is 16.2. The van der Waals surface area contributed by atoms with Gasteiger partial charge in [-0.05, 0) is 38.5 Å². The van der Waals surface area contributed by atoms with Gasteiger partial charge in [0.1, 0.15) is 11.4 Å². The lowest BCUT2D eigenvalue weighted by atomic mass is 10.0. The fourth-order valence-electron chi connectivity index (χ4n) is 2.86. The van der Waals surface area contributed by atoms with E-state index in [-0.39, 0.29) is 12.1 Å². The molecule has 0 spiro atoms. The van der Waals surface area contributed by atoms with E-state index in [2.05, 4.69) is 17.0 Å². The van der Waals surface area contributed by atoms with Gasteiger partial charge >= 0.3 is 6.09 Å². The highest BCUT2D eigenvalue weighted by Crippen LogP contribution is 2.24. The summed E-state index contributed by atoms with van der Waals surface area (Å²) < 4.78 is 10.6. The molecular formula is C18H29N3O3. The van der Waals surface area contributed by atoms with Crippen LogP contribution in [-0.4, -0.2) is 61.3 Å². The minimum absolute atomic E-state index is 0.150. The van der Waals surface area contributed by atoms with E-state index in [1.54, 1.807) is 12.0 Å². The molecule has 0 aromatic heterocycles. The Labute approximate surface area is 144 Å². The summed E-state index contributed by atoms with van der Waals surface area (Å²) in [5, 5.41) is 0. The fraction of sp³-hybridized carbons (Fsp3) is 0.611. The van der Waals surface area contributed by atoms with Gasteiger partial charge in [0.2, 0.25) is 0 Å². The molecule has 6 nitrogen and oxygen atoms in total. The van der Waals surface area contributed by atoms with E-state index in [0.717, 1.165) is 18.8 Å². The summed E-state index contributed by atoms with van der Waals surface area (Å²) >= 11 is 0. The number of methoxy groups -OCH3 is 1. The quantitative estimate of drug-likeness (QED) is 0.914. The molecule has 1 atom stereocenters. The molecule has 134 valence electrons. The summed E-state index contributed by atoms with van der Waals surface area (Å²) in [5.41, 5.74) is 6.71. The smallest absolute Gasteiger partial charge is 0.410 e. The maximum Gasteiger partial charge on any atom is 0.410 e. The largest absolute Gasteiger partial charge is 0.497 e. The maximum absolute atomic E-state index is 12.1. The molecule has 0 radical (unpaired) electrons. The molecular weight excluding hydrogens is 306 g/mol. The molecule has 24 heavy (non-hydrogen) atoms. The van der Waals surface area contributed by atoms with Gasteiger partial charge < -0.3 is 20.1 Å². The second kappa shape index (κ2) is 7.85. The molecule has 1 aromatic rings. The van der Waals surface area contributed by atoms with Gasteiger partial charge in [0.25, 0.3) is 0 Å². The number of carbonyl (C=O) groups is 1. The summed E-state index contributed by atoms with van der Waals surface area (Å²) in [5.74, 6) is 0.837. The Hall–Kier alpha value is -1.79. The van der Waals surface area contributed by atoms with Gasteiger partial charge in [0.15, 0.2) is 0 Å². The van der Waals surface area contributed by atoms with Crippen molar-refractivity contribution in [3.63, 3.8) is 0 Å². The van der Waals surface area contributed by atoms with Crippen LogP contribution in [0.3, 0.4) is 0 Å². The molecule has 1 saturated heterocycles. The first-order valence-corrected chi connectivity index (χ1v) is 8.40. The highest BCUT2D eigenvalue weighted by Gasteiger charge is 2.28. The number of amides is 1. The zero-order valence-electron chi connectivity index (χ0n) is 15.1. The molecule has 0 saturated carbocycles. The number of nitrogens with two attached hydrogens (primary N) is 1. The number of carbonyl (C=O) groups excluding carboxylic acids is 1. The zero-order chi connectivity index (χ0) is 17.7. The van der Waals surface area contributed by atoms with Crippen molar-refractivity contribution in [3.8, 4) is 5.75 Å². The van der Waals surface area contributed by atoms with Crippen LogP contribution in [0.1, 0.15) is 32.4 Å². The van der Waals surface area contributed by atoms with Crippen molar-refractivity contribution in [2.75, 3.05) is 39.8 Å². The number of piperazine rings is 1. The number of rotatable bonds is 4. The Morgan fingerprint density at radius 3 is 2.21 bits per heavy atom. The van der Waals surface area contributed by atoms with Crippen molar-refractivity contribution < 1.29 is 14.3 Å². The third-order valence-electron chi connectivity index (χ3n) is 4.13. The van der Waals surface area contributed by atoms with Gasteiger partial charge in [0.05, 0.1) is 7.11 Å². The molecule has 1 fully saturated rings. The molecule has 0 bridgehead atoms. The molecule has 1 aromatic carbocycles. The number of hydrogen-bond donors (Lipinski definition) is 1. The lowest BCUT2D eigenvalue weighted by Gasteiger charge is -2.39. The second-order valence-corrected chi connectivity index (χ2v) is 7.03. The third kappa shape index (κ3) is 4.85. The first kappa shape index (κ1) is 18.5. The summed E-state index contributed by atoms with van der Waals surface area (Å²) in [7, 11) is 1.66. The zero-order valence-corrected chi connectivity index (χ0v) is 15.1. The van der Waals surface area contributed by atoms with Crippen LogP contribution < -0.4 is 10.5 Å². The van der Waals surface area contributed by atoms with Crippen molar-refractivity contribution in [2.45, 2.75) is 32.4 Å². The Balaban J connectivity index is 1.95. The van der Waals surface area contributed by atoms with Crippen LogP contribution in [-0.2, 0) is 4.74 Å². The molecule has 0 aliphatic carbocycles. The highest BCUT2D eigenvalue weighted by molar-refractivity contribution is 5.68. The number of benzene rings is 1. The minimum Gasteiger partial charge on any atom is -0.497 e. The lowest BCUT2D eigenvalue weighted by Crippen LogP contribution is -2.51. The van der Waals surface area contributed by atoms with Gasteiger partial charge in [-0.3, -0.25) is 4.90 Å². The van der Waals surface area contributed by atoms with Gasteiger partial charge in [-0.15, -0.1) is 0 Å². The molecule has 1 aliphatic heterocycles. The van der Waals surface area contributed by atoms with E-state index in [1.165, 1.54) is 5.56 Å². The Morgan fingerprint density at radius 1 is 1.17 bits per heavy atom. The van der Waals surface area contributed by atoms with Crippen LogP contribution in [0.4, 0.5) is 4.79 Å². The Morgan fingerprint density at radius 2 is 1.75 bits per heavy atom. The summed E-state index contributed by atoms with van der Waals surface area (Å²) in [6.45, 7) is 9.07. The van der Waals surface area contributed by atoms with E-state index >= 15 is 0 Å². The lowest BCUT2D eigenvalue weighted by molar-refractivity contribution is 0.0106. The van der Waals surface area contributed by atoms with Gasteiger partial charge in [-0.1, -0.05) is 12.1 Å². The molecule has 1 aliphatic rings. The van der Waals surface area contributed by atoms with E-state index < -0.39 is 5.60 Å². The number of ether oxygens (including phenoxy) is 2. The monoisotopic (exact) mass is 335 g/mol. The van der Waals surface area contributed by atoms with Gasteiger partial charge in [0, 0.05) is 38.8 Å². The maximum atomic E-state index is 12.1. The van der Waals surface area contributed by atoms with E-state index in [4.69, 9.17) is 15.2 Å². The third-order valence-corrected chi connectivity index (χ3v) is 4.13. The van der Waals surface area contributed by atoms with Gasteiger partial charge in [-0.25, -0.2) is 4.79 Å². The molecule has 2 rings (SSSR count). The average molecular weight is 335 g/mol. The normalized spacial score (nSPS) is 17.5. The molecule has 1 heterocycles. The van der Waals surface area contributed by atoms with Crippen molar-refractivity contribution in [2.24, 2.45) is 5.73 Å². The second-order valence-electron chi connectivity index (χ2n) is 7.03. The molecule has 2 N–H and O–H groups in total. The first-order chi connectivity index (χ1) is 11.3. The van der Waals surface area contributed by atoms with Crippen LogP contribution in [0.5, 0.6) is 5.75 Å². The van der Waals surface area contributed by atoms with E-state index in [0.29, 0.717) is 19.6 Å². The van der Waals surface area contributed by atoms with Crippen molar-refractivity contribution >= 4 is 6.09 Å². The Kier molecular flexibility index (Phi) is 6.07. The summed E-state index contributed by atoms with van der Waals surface area (Å²) in [6.07, 6.45) is -0.240. The SMILES string of the molecule is COc1ccc([C@@H](CN)N2CCN(C(=O)OC(C)(C)C)CC2)cc1. The molecule has 0 unspecified atom stereocenters. The average Bonchev–Trinajstić information content (AvgIpc) is 2.55. The Bertz CT molecular complexity index is 531. The van der Waals surface area contributed by atoms with Gasteiger partial charge in [-0.2, -0.15) is 0 Å². The minimum atomic E-state index is -0.461. The van der Waals surface area contributed by atoms with E-state index in [1.807, 2.05) is 32.9 Å². The number of hydrogen-bond acceptors (Lipinski definition) is 5. The topological polar surface area (TPSA) is 68.0 Å². The van der Waals surface area contributed by atoms with Crippen LogP contribution in [0.25, 0.3) is 0 Å². The predicted octanol–water partition coefficient (Wildman–Crippen LogP) is 2.25. The van der Waals surface area contributed by atoms with Crippen LogP contribution in [0.2, 0.25) is 0 Å². The van der Waals surface area contributed by atoms with Crippen molar-refractivity contribution in [1.29, 1.82) is 0 Å².